The van der Waals surface area contributed by atoms with Crippen molar-refractivity contribution in [2.45, 2.75) is 58.8 Å². The van der Waals surface area contributed by atoms with E-state index in [0.717, 1.165) is 31.1 Å². The summed E-state index contributed by atoms with van der Waals surface area (Å²) in [5.74, 6) is 2.02. The fraction of sp³-hybridized carbons (Fsp3) is 0.375. The first-order chi connectivity index (χ1) is 15.4. The first-order valence-electron chi connectivity index (χ1n) is 12.2. The lowest BCUT2D eigenvalue weighted by molar-refractivity contribution is 0.172. The van der Waals surface area contributed by atoms with Crippen molar-refractivity contribution in [2.75, 3.05) is 0 Å². The summed E-state index contributed by atoms with van der Waals surface area (Å²) in [6.07, 6.45) is 5.91. The molecule has 0 radical (unpaired) electrons. The van der Waals surface area contributed by atoms with Gasteiger partial charge in [-0.1, -0.05) is 118 Å². The van der Waals surface area contributed by atoms with Crippen LogP contribution in [0.25, 0.3) is 0 Å². The topological polar surface area (TPSA) is 0 Å². The Kier molecular flexibility index (Phi) is 6.99. The number of hydrogen-bond acceptors (Lipinski definition) is 0. The van der Waals surface area contributed by atoms with Crippen LogP contribution in [-0.2, 0) is 12.8 Å². The third kappa shape index (κ3) is 6.00. The third-order valence-corrected chi connectivity index (χ3v) is 6.85. The highest BCUT2D eigenvalue weighted by Gasteiger charge is 2.36. The van der Waals surface area contributed by atoms with E-state index >= 15 is 0 Å². The largest absolute Gasteiger partial charge is 0.0995 e. The van der Waals surface area contributed by atoms with Crippen LogP contribution in [0.3, 0.4) is 0 Å². The molecule has 0 nitrogen and oxygen atoms in total. The first kappa shape index (κ1) is 22.6. The van der Waals surface area contributed by atoms with Crippen LogP contribution < -0.4 is 0 Å². The average molecular weight is 423 g/mol. The molecule has 166 valence electrons. The molecular weight excluding hydrogens is 384 g/mol. The highest BCUT2D eigenvalue weighted by Crippen LogP contribution is 2.48. The lowest BCUT2D eigenvalue weighted by Gasteiger charge is -2.41. The van der Waals surface area contributed by atoms with Crippen LogP contribution >= 0.6 is 0 Å². The van der Waals surface area contributed by atoms with Crippen molar-refractivity contribution < 1.29 is 0 Å². The molecule has 0 aromatic heterocycles. The summed E-state index contributed by atoms with van der Waals surface area (Å²) in [7, 11) is 0. The van der Waals surface area contributed by atoms with Crippen LogP contribution in [0.5, 0.6) is 0 Å². The van der Waals surface area contributed by atoms with Gasteiger partial charge in [0.2, 0.25) is 0 Å². The molecule has 0 saturated heterocycles. The fourth-order valence-electron chi connectivity index (χ4n) is 5.44. The molecule has 3 aromatic carbocycles. The first-order valence-corrected chi connectivity index (χ1v) is 12.2. The van der Waals surface area contributed by atoms with Crippen LogP contribution in [0.15, 0.2) is 97.1 Å². The standard InChI is InChI=1S/C32H38/c1-24(19-25-15-17-26(18-16-25)23-32(2,3)4)20-27-21-30(22-27)31(28-11-7-5-8-12-28)29-13-9-6-10-14-29/h5-18,27,30-31H,1,19-23H2,2-4H3. The Morgan fingerprint density at radius 1 is 0.781 bits per heavy atom. The van der Waals surface area contributed by atoms with Gasteiger partial charge >= 0.3 is 0 Å². The molecule has 0 unspecified atom stereocenters. The molecule has 0 atom stereocenters. The van der Waals surface area contributed by atoms with E-state index in [1.807, 2.05) is 0 Å². The van der Waals surface area contributed by atoms with Gasteiger partial charge in [-0.05, 0) is 71.6 Å². The van der Waals surface area contributed by atoms with Crippen molar-refractivity contribution in [3.8, 4) is 0 Å². The highest BCUT2D eigenvalue weighted by molar-refractivity contribution is 5.34. The third-order valence-electron chi connectivity index (χ3n) is 6.85. The van der Waals surface area contributed by atoms with Crippen LogP contribution in [-0.4, -0.2) is 0 Å². The maximum atomic E-state index is 4.44. The second-order valence-corrected chi connectivity index (χ2v) is 11.1. The monoisotopic (exact) mass is 422 g/mol. The normalized spacial score (nSPS) is 18.4. The Balaban J connectivity index is 1.32. The molecule has 0 spiro atoms. The summed E-state index contributed by atoms with van der Waals surface area (Å²) >= 11 is 0. The molecule has 1 aliphatic carbocycles. The molecule has 1 saturated carbocycles. The fourth-order valence-corrected chi connectivity index (χ4v) is 5.44. The molecule has 0 N–H and O–H groups in total. The Bertz CT molecular complexity index is 944. The van der Waals surface area contributed by atoms with Gasteiger partial charge in [0.05, 0.1) is 0 Å². The summed E-state index contributed by atoms with van der Waals surface area (Å²) in [4.78, 5) is 0. The van der Waals surface area contributed by atoms with Gasteiger partial charge in [-0.2, -0.15) is 0 Å². The van der Waals surface area contributed by atoms with Crippen LogP contribution in [0, 0.1) is 17.3 Å². The molecule has 32 heavy (non-hydrogen) atoms. The second-order valence-electron chi connectivity index (χ2n) is 11.1. The van der Waals surface area contributed by atoms with E-state index in [2.05, 4.69) is 112 Å². The smallest absolute Gasteiger partial charge is 0.0118 e. The zero-order valence-corrected chi connectivity index (χ0v) is 20.1. The van der Waals surface area contributed by atoms with Gasteiger partial charge in [0.1, 0.15) is 0 Å². The summed E-state index contributed by atoms with van der Waals surface area (Å²) in [6.45, 7) is 11.3. The van der Waals surface area contributed by atoms with E-state index in [1.165, 1.54) is 40.7 Å². The van der Waals surface area contributed by atoms with E-state index in [9.17, 15) is 0 Å². The number of hydrogen-bond donors (Lipinski definition) is 0. The van der Waals surface area contributed by atoms with Crippen molar-refractivity contribution in [2.24, 2.45) is 17.3 Å². The van der Waals surface area contributed by atoms with Gasteiger partial charge in [-0.25, -0.2) is 0 Å². The lowest BCUT2D eigenvalue weighted by atomic mass is 9.63. The maximum Gasteiger partial charge on any atom is 0.0118 e. The van der Waals surface area contributed by atoms with Crippen molar-refractivity contribution >= 4 is 0 Å². The lowest BCUT2D eigenvalue weighted by Crippen LogP contribution is -2.30. The SMILES string of the molecule is C=C(Cc1ccc(CC(C)(C)C)cc1)CC1CC(C(c2ccccc2)c2ccccc2)C1. The van der Waals surface area contributed by atoms with Crippen molar-refractivity contribution in [1.29, 1.82) is 0 Å². The Hall–Kier alpha value is -2.60. The summed E-state index contributed by atoms with van der Waals surface area (Å²) in [5, 5.41) is 0. The minimum Gasteiger partial charge on any atom is -0.0995 e. The molecule has 1 fully saturated rings. The van der Waals surface area contributed by atoms with Gasteiger partial charge < -0.3 is 0 Å². The average Bonchev–Trinajstić information content (AvgIpc) is 2.74. The van der Waals surface area contributed by atoms with Crippen LogP contribution in [0.1, 0.15) is 68.2 Å². The van der Waals surface area contributed by atoms with Gasteiger partial charge in [0.25, 0.3) is 0 Å². The van der Waals surface area contributed by atoms with Gasteiger partial charge in [-0.3, -0.25) is 0 Å². The van der Waals surface area contributed by atoms with E-state index in [0.29, 0.717) is 11.3 Å². The number of benzene rings is 3. The molecule has 3 aromatic rings. The minimum atomic E-state index is 0.337. The number of rotatable bonds is 8. The second kappa shape index (κ2) is 9.90. The van der Waals surface area contributed by atoms with Crippen molar-refractivity contribution in [3.63, 3.8) is 0 Å². The maximum absolute atomic E-state index is 4.44. The van der Waals surface area contributed by atoms with Gasteiger partial charge in [0, 0.05) is 5.92 Å². The van der Waals surface area contributed by atoms with Gasteiger partial charge in [-0.15, -0.1) is 0 Å². The van der Waals surface area contributed by atoms with Crippen LogP contribution in [0.2, 0.25) is 0 Å². The van der Waals surface area contributed by atoms with Crippen molar-refractivity contribution in [1.82, 2.24) is 0 Å². The van der Waals surface area contributed by atoms with E-state index in [-0.39, 0.29) is 0 Å². The Labute approximate surface area is 195 Å². The molecule has 4 rings (SSSR count). The Morgan fingerprint density at radius 2 is 1.28 bits per heavy atom. The zero-order chi connectivity index (χ0) is 22.6. The molecule has 0 heterocycles. The predicted octanol–water partition coefficient (Wildman–Crippen LogP) is 8.62. The molecule has 0 aliphatic heterocycles. The molecule has 1 aliphatic rings. The molecule has 0 heteroatoms. The number of allylic oxidation sites excluding steroid dienone is 1. The zero-order valence-electron chi connectivity index (χ0n) is 20.1. The van der Waals surface area contributed by atoms with E-state index in [4.69, 9.17) is 0 Å². The van der Waals surface area contributed by atoms with Crippen LogP contribution in [0.4, 0.5) is 0 Å². The Morgan fingerprint density at radius 3 is 1.78 bits per heavy atom. The predicted molar refractivity (Wildman–Crippen MR) is 138 cm³/mol. The molecular formula is C32H38. The minimum absolute atomic E-state index is 0.337. The van der Waals surface area contributed by atoms with Gasteiger partial charge in [0.15, 0.2) is 0 Å². The summed E-state index contributed by atoms with van der Waals surface area (Å²) in [5.41, 5.74) is 7.46. The quantitative estimate of drug-likeness (QED) is 0.319. The highest BCUT2D eigenvalue weighted by atomic mass is 14.4. The van der Waals surface area contributed by atoms with E-state index in [1.54, 1.807) is 0 Å². The molecule has 0 bridgehead atoms. The van der Waals surface area contributed by atoms with E-state index < -0.39 is 0 Å². The molecule has 0 amide bonds. The summed E-state index contributed by atoms with van der Waals surface area (Å²) in [6, 6.07) is 31.4. The van der Waals surface area contributed by atoms with Crippen molar-refractivity contribution in [3.05, 3.63) is 119 Å². The summed E-state index contributed by atoms with van der Waals surface area (Å²) < 4.78 is 0.